The third-order valence-electron chi connectivity index (χ3n) is 31.1. The highest BCUT2D eigenvalue weighted by Crippen LogP contribution is 2.58. The van der Waals surface area contributed by atoms with Crippen molar-refractivity contribution in [3.05, 3.63) is 195 Å². The van der Waals surface area contributed by atoms with E-state index in [1.165, 1.54) is 106 Å². The highest BCUT2D eigenvalue weighted by atomic mass is 19.2. The van der Waals surface area contributed by atoms with Gasteiger partial charge in [-0.25, -0.2) is 35.5 Å². The summed E-state index contributed by atoms with van der Waals surface area (Å²) in [4.78, 5) is 65.6. The van der Waals surface area contributed by atoms with E-state index < -0.39 is 46.3 Å². The lowest BCUT2D eigenvalue weighted by atomic mass is 9.52. The number of hydrogen-bond donors (Lipinski definition) is 1. The van der Waals surface area contributed by atoms with Gasteiger partial charge in [0.1, 0.15) is 52.7 Å². The van der Waals surface area contributed by atoms with Gasteiger partial charge in [-0.1, -0.05) is 119 Å². The maximum atomic E-state index is 13.8. The van der Waals surface area contributed by atoms with Crippen molar-refractivity contribution in [1.29, 1.82) is 0 Å². The van der Waals surface area contributed by atoms with E-state index in [4.69, 9.17) is 33.2 Å². The molecular formula is C119H170F7N7O12. The lowest BCUT2D eigenvalue weighted by molar-refractivity contribution is -0.154. The first-order valence-corrected chi connectivity index (χ1v) is 55.0. The zero-order valence-corrected chi connectivity index (χ0v) is 89.8. The molecule has 1 N–H and O–H groups in total. The van der Waals surface area contributed by atoms with Crippen molar-refractivity contribution in [1.82, 2.24) is 29.4 Å². The Hall–Kier alpha value is -8.95. The summed E-state index contributed by atoms with van der Waals surface area (Å²) < 4.78 is 133. The highest BCUT2D eigenvalue weighted by molar-refractivity contribution is 5.89. The molecule has 5 amide bonds. The monoisotopic (exact) mass is 2020 g/mol. The largest absolute Gasteiger partial charge is 0.493 e. The third kappa shape index (κ3) is 34.5. The Bertz CT molecular complexity index is 5030. The molecule has 145 heavy (non-hydrogen) atoms. The minimum atomic E-state index is -1.17. The van der Waals surface area contributed by atoms with Crippen molar-refractivity contribution >= 4 is 29.4 Å². The number of ether oxygens (including phenoxy) is 7. The lowest BCUT2D eigenvalue weighted by Gasteiger charge is -2.60. The molecule has 8 atom stereocenters. The molecule has 8 unspecified atom stereocenters. The normalized spacial score (nSPS) is 24.7. The Morgan fingerprint density at radius 3 is 1.53 bits per heavy atom. The van der Waals surface area contributed by atoms with Crippen LogP contribution in [0.5, 0.6) is 23.0 Å². The molecule has 5 heterocycles. The standard InChI is InChI=1S/C19H32N2O2.C18H19F2NO.C17H16F3NO.C17H18F2O2.C17H31NO2.C16H29NO2.C15H25NO2/c1-3-7-21(16-5-6-16)18(22)20(4-2)17-14-8-13-9-15(17)12-19(23,10-13)11-14;1-13-2-4-14(5-3-13)11-21-7-6-17(12-21)22-18-9-15(19)8-16(20)10-18;1-11-2-4-13(5-3-11)22-14-6-7-21(10-14)16-9-12(18)8-15(19)17(16)20;1-12-4-6-14(7-5-12)20-8-3-9-21-17-11-15(18)13(2)10-16(17)19;1-5-9-18(15-7-8-15)16(19)12-17(6-2)10-13(3)20-14(4)11-17;1-4-9-17(14-5-6-14)15(18)12-16(13(2)3)7-10-19-11-8-16;1-4-7-16(14-5-6-14)15(17)10-13-8-11(2)18-12(3)9-13/h13-17,23H,3-12H2,1-2H3;2-5,8-10,17H,6-7,11-12H2,1H3;2-5,8-9,14H,6-7,10H2,1H3;4-7,10-11H,3,8-9H2,1-2H3;13-15H,5-12H2,1-4H3;13-14H,4-12H2,1-3H3;10-12,14H,4-9H2,1-3H3. The molecule has 8 saturated carbocycles. The predicted molar refractivity (Wildman–Crippen MR) is 559 cm³/mol. The summed E-state index contributed by atoms with van der Waals surface area (Å²) >= 11 is 0. The summed E-state index contributed by atoms with van der Waals surface area (Å²) in [7, 11) is 0. The number of hydrogen-bond acceptors (Lipinski definition) is 14. The average molecular weight is 2020 g/mol. The zero-order valence-electron chi connectivity index (χ0n) is 89.8. The SMILES string of the molecule is CCCN(C(=O)C=C1CC(C)OC(C)C1)C1CC1.CCCN(C(=O)CC1(C(C)C)CCOCC1)C1CC1.CCCN(C(=O)CC1(CC)CC(C)OC(C)C1)C1CC1.CCCN(C(=O)N(CC)C1C2CC3CC1CC(O)(C3)C2)C1CC1.Cc1ccc(CN2CCC(Oc3cc(F)cc(F)c3)C2)cc1.Cc1ccc(OC2CCN(c3cc(F)cc(F)c3F)C2)cc1.Cc1ccc(OCCCOc2cc(F)c(C)cc2F)cc1. The summed E-state index contributed by atoms with van der Waals surface area (Å²) in [5.74, 6) is -0.161. The smallest absolute Gasteiger partial charge is 0.320 e. The summed E-state index contributed by atoms with van der Waals surface area (Å²) in [6, 6.07) is 33.7. The van der Waals surface area contributed by atoms with Crippen LogP contribution in [-0.4, -0.2) is 216 Å². The molecule has 0 aromatic heterocycles. The highest BCUT2D eigenvalue weighted by Gasteiger charge is 2.57. The minimum Gasteiger partial charge on any atom is -0.493 e. The van der Waals surface area contributed by atoms with Gasteiger partial charge in [-0.15, -0.1) is 0 Å². The molecular weight excluding hydrogens is 1850 g/mol. The van der Waals surface area contributed by atoms with Gasteiger partial charge in [-0.3, -0.25) is 19.3 Å². The maximum Gasteiger partial charge on any atom is 0.320 e. The van der Waals surface area contributed by atoms with Crippen molar-refractivity contribution < 1.29 is 88.2 Å². The molecule has 6 aromatic carbocycles. The predicted octanol–water partition coefficient (Wildman–Crippen LogP) is 25.6. The Morgan fingerprint density at radius 1 is 0.503 bits per heavy atom. The topological polar surface area (TPSA) is 176 Å². The fourth-order valence-corrected chi connectivity index (χ4v) is 23.4. The minimum absolute atomic E-state index is 0.0216. The zero-order chi connectivity index (χ0) is 104. The van der Waals surface area contributed by atoms with Crippen LogP contribution >= 0.6 is 0 Å². The number of aryl methyl sites for hydroxylation is 4. The van der Waals surface area contributed by atoms with E-state index in [0.717, 1.165) is 216 Å². The molecule has 13 fully saturated rings. The molecule has 8 aliphatic carbocycles. The van der Waals surface area contributed by atoms with Gasteiger partial charge in [0.2, 0.25) is 17.7 Å². The van der Waals surface area contributed by atoms with Crippen LogP contribution in [0.1, 0.15) is 297 Å². The first kappa shape index (κ1) is 115. The van der Waals surface area contributed by atoms with Crippen LogP contribution in [0.15, 0.2) is 127 Å². The second kappa shape index (κ2) is 54.5. The first-order valence-electron chi connectivity index (χ1n) is 55.0. The van der Waals surface area contributed by atoms with Crippen molar-refractivity contribution in [3.63, 3.8) is 0 Å². The van der Waals surface area contributed by atoms with Crippen molar-refractivity contribution in [2.45, 2.75) is 376 Å². The number of amides is 5. The van der Waals surface area contributed by atoms with E-state index in [1.807, 2.05) is 68.5 Å². The molecule has 6 aromatic rings. The number of anilines is 1. The third-order valence-corrected chi connectivity index (χ3v) is 31.1. The van der Waals surface area contributed by atoms with Gasteiger partial charge in [0, 0.05) is 170 Å². The van der Waals surface area contributed by atoms with E-state index in [2.05, 4.69) is 144 Å². The van der Waals surface area contributed by atoms with E-state index in [9.17, 15) is 55.0 Å². The number of nitrogens with zero attached hydrogens (tertiary/aromatic N) is 7. The fraction of sp³-hybridized carbons (Fsp3) is 0.647. The van der Waals surface area contributed by atoms with E-state index >= 15 is 0 Å². The summed E-state index contributed by atoms with van der Waals surface area (Å²) in [6.07, 6.45) is 32.5. The van der Waals surface area contributed by atoms with Gasteiger partial charge < -0.3 is 67.7 Å². The van der Waals surface area contributed by atoms with Crippen LogP contribution in [0.25, 0.3) is 0 Å². The molecule has 0 spiro atoms. The van der Waals surface area contributed by atoms with Gasteiger partial charge in [0.05, 0.1) is 55.5 Å². The number of benzene rings is 6. The second-order valence-electron chi connectivity index (χ2n) is 44.3. The summed E-state index contributed by atoms with van der Waals surface area (Å²) in [5, 5.41) is 10.8. The number of carbonyl (C=O) groups excluding carboxylic acids is 4. The molecule has 5 aliphatic heterocycles. The number of likely N-dealkylation sites (tertiary alicyclic amines) is 1. The van der Waals surface area contributed by atoms with Gasteiger partial charge in [0.15, 0.2) is 23.2 Å². The van der Waals surface area contributed by atoms with Crippen molar-refractivity contribution in [2.75, 3.05) is 90.2 Å². The fourth-order valence-electron chi connectivity index (χ4n) is 23.4. The molecule has 19 nitrogen and oxygen atoms in total. The Morgan fingerprint density at radius 2 is 0.993 bits per heavy atom. The van der Waals surface area contributed by atoms with E-state index in [1.54, 1.807) is 4.90 Å². The Balaban J connectivity index is 0.000000151. The molecule has 5 saturated heterocycles. The van der Waals surface area contributed by atoms with E-state index in [-0.39, 0.29) is 88.7 Å². The first-order chi connectivity index (χ1) is 69.4. The number of urea groups is 1. The quantitative estimate of drug-likeness (QED) is 0.0175. The van der Waals surface area contributed by atoms with Gasteiger partial charge in [-0.05, 0) is 299 Å². The number of halogens is 7. The molecule has 802 valence electrons. The van der Waals surface area contributed by atoms with Crippen LogP contribution in [0, 0.1) is 103 Å². The molecule has 19 rings (SSSR count). The van der Waals surface area contributed by atoms with Crippen LogP contribution in [-0.2, 0) is 35.1 Å². The molecule has 4 bridgehead atoms. The van der Waals surface area contributed by atoms with Crippen molar-refractivity contribution in [3.8, 4) is 23.0 Å². The molecule has 0 radical (unpaired) electrons. The number of carbonyl (C=O) groups is 4. The van der Waals surface area contributed by atoms with Gasteiger partial charge >= 0.3 is 6.03 Å². The van der Waals surface area contributed by atoms with Crippen molar-refractivity contribution in [2.24, 2.45) is 34.5 Å². The van der Waals surface area contributed by atoms with Crippen LogP contribution in [0.4, 0.5) is 41.2 Å². The lowest BCUT2D eigenvalue weighted by Crippen LogP contribution is -2.64. The number of aliphatic hydroxyl groups is 1. The van der Waals surface area contributed by atoms with Crippen LogP contribution in [0.2, 0.25) is 0 Å². The van der Waals surface area contributed by atoms with Gasteiger partial charge in [-0.2, -0.15) is 0 Å². The average Bonchev–Trinajstić information content (AvgIpc) is 1.50. The van der Waals surface area contributed by atoms with Crippen LogP contribution < -0.4 is 23.8 Å². The summed E-state index contributed by atoms with van der Waals surface area (Å²) in [6.45, 7) is 43.9. The second-order valence-corrected chi connectivity index (χ2v) is 44.3. The van der Waals surface area contributed by atoms with E-state index in [0.29, 0.717) is 104 Å². The number of rotatable bonds is 34. The Labute approximate surface area is 861 Å². The molecule has 26 heteroatoms. The van der Waals surface area contributed by atoms with Gasteiger partial charge in [0.25, 0.3) is 0 Å². The van der Waals surface area contributed by atoms with Crippen LogP contribution in [0.3, 0.4) is 0 Å². The maximum absolute atomic E-state index is 13.8. The summed E-state index contributed by atoms with van der Waals surface area (Å²) in [5.41, 5.74) is 6.23. The molecule has 13 aliphatic rings. The Kier molecular flexibility index (Phi) is 43.1.